The zero-order valence-corrected chi connectivity index (χ0v) is 11.0. The van der Waals surface area contributed by atoms with E-state index in [9.17, 15) is 13.6 Å². The van der Waals surface area contributed by atoms with Crippen LogP contribution >= 0.6 is 11.6 Å². The Labute approximate surface area is 114 Å². The molecule has 0 aliphatic rings. The molecule has 4 nitrogen and oxygen atoms in total. The van der Waals surface area contributed by atoms with Crippen molar-refractivity contribution in [3.63, 3.8) is 0 Å². The number of ether oxygens (including phenoxy) is 2. The molecule has 2 N–H and O–H groups in total. The van der Waals surface area contributed by atoms with E-state index in [1.165, 1.54) is 18.2 Å². The van der Waals surface area contributed by atoms with Gasteiger partial charge in [0.1, 0.15) is 11.8 Å². The molecule has 0 saturated carbocycles. The van der Waals surface area contributed by atoms with Gasteiger partial charge in [0, 0.05) is 11.4 Å². The molecule has 0 fully saturated rings. The van der Waals surface area contributed by atoms with Gasteiger partial charge in [-0.05, 0) is 30.7 Å². The maximum Gasteiger partial charge on any atom is 0.387 e. The van der Waals surface area contributed by atoms with Crippen molar-refractivity contribution in [1.82, 2.24) is 0 Å². The lowest BCUT2D eigenvalue weighted by Gasteiger charge is -2.14. The average molecular weight is 294 g/mol. The fourth-order valence-corrected chi connectivity index (χ4v) is 1.68. The fraction of sp³-hybridized carbons (Fsp3) is 0.417. The first-order valence-corrected chi connectivity index (χ1v) is 5.97. The summed E-state index contributed by atoms with van der Waals surface area (Å²) in [5.41, 5.74) is 5.95. The molecule has 1 rings (SSSR count). The van der Waals surface area contributed by atoms with Gasteiger partial charge < -0.3 is 15.2 Å². The van der Waals surface area contributed by atoms with Gasteiger partial charge in [0.25, 0.3) is 0 Å². The Morgan fingerprint density at radius 2 is 2.16 bits per heavy atom. The van der Waals surface area contributed by atoms with E-state index in [1.54, 1.807) is 6.92 Å². The van der Waals surface area contributed by atoms with Crippen molar-refractivity contribution in [2.45, 2.75) is 26.0 Å². The van der Waals surface area contributed by atoms with Crippen molar-refractivity contribution in [3.8, 4) is 5.75 Å². The number of benzene rings is 1. The number of carbonyl (C=O) groups excluding carboxylic acids is 1. The van der Waals surface area contributed by atoms with Crippen LogP contribution in [0.15, 0.2) is 18.2 Å². The van der Waals surface area contributed by atoms with Crippen molar-refractivity contribution in [2.75, 3.05) is 6.61 Å². The second kappa shape index (κ2) is 7.25. The Hall–Kier alpha value is -1.40. The molecule has 0 heterocycles. The summed E-state index contributed by atoms with van der Waals surface area (Å²) in [5.74, 6) is -0.662. The number of hydrogen-bond acceptors (Lipinski definition) is 4. The van der Waals surface area contributed by atoms with Gasteiger partial charge in [-0.3, -0.25) is 4.79 Å². The van der Waals surface area contributed by atoms with E-state index >= 15 is 0 Å². The zero-order valence-electron chi connectivity index (χ0n) is 10.2. The van der Waals surface area contributed by atoms with Crippen LogP contribution in [-0.4, -0.2) is 25.2 Å². The fourth-order valence-electron chi connectivity index (χ4n) is 1.49. The highest BCUT2D eigenvalue weighted by atomic mass is 35.5. The molecule has 1 atom stereocenters. The number of halogens is 3. The molecule has 19 heavy (non-hydrogen) atoms. The smallest absolute Gasteiger partial charge is 0.387 e. The van der Waals surface area contributed by atoms with Crippen LogP contribution in [-0.2, 0) is 16.0 Å². The highest BCUT2D eigenvalue weighted by molar-refractivity contribution is 6.30. The summed E-state index contributed by atoms with van der Waals surface area (Å²) in [6.45, 7) is -1.11. The Kier molecular flexibility index (Phi) is 5.98. The molecule has 0 amide bonds. The summed E-state index contributed by atoms with van der Waals surface area (Å²) in [4.78, 5) is 11.4. The van der Waals surface area contributed by atoms with Crippen LogP contribution in [0, 0.1) is 0 Å². The van der Waals surface area contributed by atoms with Gasteiger partial charge in [0.15, 0.2) is 0 Å². The third-order valence-corrected chi connectivity index (χ3v) is 2.50. The molecular formula is C12H14ClF2NO3. The molecule has 0 aliphatic carbocycles. The van der Waals surface area contributed by atoms with Gasteiger partial charge >= 0.3 is 12.6 Å². The molecule has 0 aromatic heterocycles. The van der Waals surface area contributed by atoms with Crippen LogP contribution in [0.5, 0.6) is 5.75 Å². The monoisotopic (exact) mass is 293 g/mol. The quantitative estimate of drug-likeness (QED) is 0.818. The van der Waals surface area contributed by atoms with Gasteiger partial charge in [-0.25, -0.2) is 0 Å². The number of nitrogens with two attached hydrogens (primary N) is 1. The summed E-state index contributed by atoms with van der Waals surface area (Å²) in [7, 11) is 0. The molecule has 1 aromatic carbocycles. The van der Waals surface area contributed by atoms with E-state index in [-0.39, 0.29) is 18.8 Å². The molecule has 0 radical (unpaired) electrons. The van der Waals surface area contributed by atoms with Crippen LogP contribution in [0.4, 0.5) is 8.78 Å². The van der Waals surface area contributed by atoms with Crippen LogP contribution in [0.25, 0.3) is 0 Å². The molecule has 0 saturated heterocycles. The minimum atomic E-state index is -2.96. The van der Waals surface area contributed by atoms with Crippen LogP contribution < -0.4 is 10.5 Å². The first kappa shape index (κ1) is 15.7. The lowest BCUT2D eigenvalue weighted by Crippen LogP contribution is -2.34. The van der Waals surface area contributed by atoms with Crippen molar-refractivity contribution in [3.05, 3.63) is 28.8 Å². The number of hydrogen-bond donors (Lipinski definition) is 1. The third kappa shape index (κ3) is 5.00. The normalized spacial score (nSPS) is 12.3. The van der Waals surface area contributed by atoms with Gasteiger partial charge in [0.2, 0.25) is 0 Å². The summed E-state index contributed by atoms with van der Waals surface area (Å²) < 4.78 is 33.6. The molecule has 7 heteroatoms. The average Bonchev–Trinajstić information content (AvgIpc) is 2.32. The zero-order chi connectivity index (χ0) is 14.4. The standard InChI is InChI=1S/C12H14ClF2NO3/c1-2-18-11(17)9(16)6-7-5-8(13)3-4-10(7)19-12(14)15/h3-5,9,12H,2,6,16H2,1H3. The van der Waals surface area contributed by atoms with Crippen LogP contribution in [0.3, 0.4) is 0 Å². The Morgan fingerprint density at radius 1 is 1.47 bits per heavy atom. The number of carbonyl (C=O) groups is 1. The van der Waals surface area contributed by atoms with Crippen molar-refractivity contribution < 1.29 is 23.0 Å². The molecule has 0 bridgehead atoms. The van der Waals surface area contributed by atoms with E-state index in [0.717, 1.165) is 0 Å². The summed E-state index contributed by atoms with van der Waals surface area (Å²) >= 11 is 5.78. The maximum atomic E-state index is 12.2. The summed E-state index contributed by atoms with van der Waals surface area (Å²) in [6, 6.07) is 3.19. The molecular weight excluding hydrogens is 280 g/mol. The minimum absolute atomic E-state index is 0.00144. The van der Waals surface area contributed by atoms with Crippen LogP contribution in [0.1, 0.15) is 12.5 Å². The minimum Gasteiger partial charge on any atom is -0.465 e. The molecule has 0 spiro atoms. The first-order valence-electron chi connectivity index (χ1n) is 5.59. The van der Waals surface area contributed by atoms with Gasteiger partial charge in [-0.1, -0.05) is 11.6 Å². The Bertz CT molecular complexity index is 443. The van der Waals surface area contributed by atoms with E-state index in [2.05, 4.69) is 4.74 Å². The summed E-state index contributed by atoms with van der Waals surface area (Å²) in [6.07, 6.45) is 0.00144. The molecule has 106 valence electrons. The van der Waals surface area contributed by atoms with Crippen molar-refractivity contribution in [2.24, 2.45) is 5.73 Å². The van der Waals surface area contributed by atoms with E-state index < -0.39 is 18.6 Å². The second-order valence-electron chi connectivity index (χ2n) is 3.69. The van der Waals surface area contributed by atoms with Gasteiger partial charge in [-0.15, -0.1) is 0 Å². The van der Waals surface area contributed by atoms with Crippen molar-refractivity contribution in [1.29, 1.82) is 0 Å². The third-order valence-electron chi connectivity index (χ3n) is 2.27. The molecule has 0 aliphatic heterocycles. The second-order valence-corrected chi connectivity index (χ2v) is 4.13. The largest absolute Gasteiger partial charge is 0.465 e. The first-order chi connectivity index (χ1) is 8.93. The van der Waals surface area contributed by atoms with Crippen LogP contribution in [0.2, 0.25) is 5.02 Å². The van der Waals surface area contributed by atoms with E-state index in [0.29, 0.717) is 10.6 Å². The number of alkyl halides is 2. The SMILES string of the molecule is CCOC(=O)C(N)Cc1cc(Cl)ccc1OC(F)F. The Balaban J connectivity index is 2.85. The van der Waals surface area contributed by atoms with Gasteiger partial charge in [-0.2, -0.15) is 8.78 Å². The van der Waals surface area contributed by atoms with Crippen molar-refractivity contribution >= 4 is 17.6 Å². The van der Waals surface area contributed by atoms with Gasteiger partial charge in [0.05, 0.1) is 6.61 Å². The number of esters is 1. The lowest BCUT2D eigenvalue weighted by molar-refractivity contribution is -0.144. The van der Waals surface area contributed by atoms with E-state index in [1.807, 2.05) is 0 Å². The predicted octanol–water partition coefficient (Wildman–Crippen LogP) is 2.37. The summed E-state index contributed by atoms with van der Waals surface area (Å²) in [5, 5.41) is 0.340. The Morgan fingerprint density at radius 3 is 2.74 bits per heavy atom. The number of rotatable bonds is 6. The highest BCUT2D eigenvalue weighted by Gasteiger charge is 2.19. The molecule has 1 unspecified atom stereocenters. The maximum absolute atomic E-state index is 12.2. The lowest BCUT2D eigenvalue weighted by atomic mass is 10.1. The molecule has 1 aromatic rings. The van der Waals surface area contributed by atoms with E-state index in [4.69, 9.17) is 22.1 Å². The highest BCUT2D eigenvalue weighted by Crippen LogP contribution is 2.25. The topological polar surface area (TPSA) is 61.5 Å². The predicted molar refractivity (Wildman–Crippen MR) is 66.4 cm³/mol.